The van der Waals surface area contributed by atoms with Gasteiger partial charge in [0.1, 0.15) is 29.7 Å². The maximum absolute atomic E-state index is 13.2. The maximum atomic E-state index is 13.2. The lowest BCUT2D eigenvalue weighted by atomic mass is 10.0. The molecule has 0 bridgehead atoms. The fourth-order valence-electron chi connectivity index (χ4n) is 5.23. The van der Waals surface area contributed by atoms with Gasteiger partial charge in [-0.15, -0.1) is 0 Å². The van der Waals surface area contributed by atoms with E-state index in [1.165, 1.54) is 48.8 Å². The number of aromatic nitrogens is 1. The standard InChI is InChI=1S/C38H42Cl2F2N2O11S/c1-38(2,3)55-37(47)44(56(4,48)49)29-11-9-25(16-32(29)51-20-22-5-6-22)35(46)50-14-13-34(45)53-31(17-26-27(39)18-43-19-28(26)40)24-10-12-30(54-36(41)42)33(15-24)52-21-23-7-8-23/h9-12,15-16,18-19,22-23,31,36H,5-8,13-14,17,20-21H2,1-4H3/t31-/m0/s1. The smallest absolute Gasteiger partial charge is 0.429 e. The molecule has 0 N–H and O–H groups in total. The lowest BCUT2D eigenvalue weighted by molar-refractivity contribution is -0.150. The zero-order valence-electron chi connectivity index (χ0n) is 31.1. The third kappa shape index (κ3) is 12.5. The van der Waals surface area contributed by atoms with Gasteiger partial charge in [-0.25, -0.2) is 18.0 Å². The molecule has 2 saturated carbocycles. The van der Waals surface area contributed by atoms with E-state index in [1.54, 1.807) is 20.8 Å². The molecule has 1 heterocycles. The Bertz CT molecular complexity index is 2000. The monoisotopic (exact) mass is 842 g/mol. The molecular weight excluding hydrogens is 801 g/mol. The second-order valence-corrected chi connectivity index (χ2v) is 17.1. The Morgan fingerprint density at radius 3 is 2.11 bits per heavy atom. The van der Waals surface area contributed by atoms with Crippen molar-refractivity contribution >= 4 is 56.9 Å². The van der Waals surface area contributed by atoms with Gasteiger partial charge in [-0.2, -0.15) is 13.1 Å². The first-order valence-corrected chi connectivity index (χ1v) is 20.3. The Morgan fingerprint density at radius 1 is 0.911 bits per heavy atom. The topological polar surface area (TPSA) is 157 Å². The molecule has 0 aliphatic heterocycles. The molecule has 3 aromatic rings. The molecule has 5 rings (SSSR count). The number of alkyl halides is 2. The van der Waals surface area contributed by atoms with E-state index in [0.717, 1.165) is 31.9 Å². The molecule has 1 amide bonds. The van der Waals surface area contributed by atoms with Gasteiger partial charge in [-0.05, 0) is 99.7 Å². The molecule has 2 aromatic carbocycles. The van der Waals surface area contributed by atoms with Crippen LogP contribution in [0.4, 0.5) is 19.3 Å². The maximum Gasteiger partial charge on any atom is 0.429 e. The number of rotatable bonds is 18. The number of amides is 1. The molecule has 1 atom stereocenters. The zero-order valence-corrected chi connectivity index (χ0v) is 33.4. The van der Waals surface area contributed by atoms with Crippen LogP contribution in [0, 0.1) is 11.8 Å². The van der Waals surface area contributed by atoms with Crippen molar-refractivity contribution in [3.63, 3.8) is 0 Å². The molecule has 13 nitrogen and oxygen atoms in total. The summed E-state index contributed by atoms with van der Waals surface area (Å²) >= 11 is 12.8. The number of benzene rings is 2. The summed E-state index contributed by atoms with van der Waals surface area (Å²) in [5.74, 6) is -1.35. The second kappa shape index (κ2) is 18.2. The van der Waals surface area contributed by atoms with Gasteiger partial charge in [-0.3, -0.25) is 9.78 Å². The molecule has 1 aromatic heterocycles. The first-order valence-electron chi connectivity index (χ1n) is 17.7. The van der Waals surface area contributed by atoms with Crippen molar-refractivity contribution in [3.8, 4) is 17.2 Å². The van der Waals surface area contributed by atoms with Gasteiger partial charge < -0.3 is 28.4 Å². The zero-order chi connectivity index (χ0) is 40.8. The first kappa shape index (κ1) is 42.7. The number of hydrogen-bond acceptors (Lipinski definition) is 12. The fourth-order valence-corrected chi connectivity index (χ4v) is 6.56. The van der Waals surface area contributed by atoms with Crippen molar-refractivity contribution in [2.45, 2.75) is 77.6 Å². The quantitative estimate of drug-likeness (QED) is 0.0892. The van der Waals surface area contributed by atoms with Crippen molar-refractivity contribution < 1.29 is 60.0 Å². The van der Waals surface area contributed by atoms with Crippen LogP contribution in [0.25, 0.3) is 0 Å². The molecule has 18 heteroatoms. The van der Waals surface area contributed by atoms with E-state index in [4.69, 9.17) is 46.9 Å². The molecule has 2 aliphatic carbocycles. The second-order valence-electron chi connectivity index (χ2n) is 14.4. The van der Waals surface area contributed by atoms with Crippen molar-refractivity contribution in [1.82, 2.24) is 4.98 Å². The van der Waals surface area contributed by atoms with Gasteiger partial charge in [0, 0.05) is 18.8 Å². The van der Waals surface area contributed by atoms with Crippen LogP contribution in [0.5, 0.6) is 17.2 Å². The molecule has 0 unspecified atom stereocenters. The Kier molecular flexibility index (Phi) is 13.9. The molecule has 0 spiro atoms. The highest BCUT2D eigenvalue weighted by atomic mass is 35.5. The van der Waals surface area contributed by atoms with E-state index in [-0.39, 0.29) is 64.1 Å². The van der Waals surface area contributed by atoms with E-state index in [2.05, 4.69) is 9.72 Å². The van der Waals surface area contributed by atoms with Crippen LogP contribution in [0.1, 0.15) is 80.5 Å². The number of ether oxygens (including phenoxy) is 6. The van der Waals surface area contributed by atoms with Crippen LogP contribution in [0.3, 0.4) is 0 Å². The number of pyridine rings is 1. The Balaban J connectivity index is 1.31. The van der Waals surface area contributed by atoms with Crippen LogP contribution in [-0.2, 0) is 35.4 Å². The van der Waals surface area contributed by atoms with E-state index in [9.17, 15) is 31.6 Å². The summed E-state index contributed by atoms with van der Waals surface area (Å²) in [7, 11) is -4.21. The van der Waals surface area contributed by atoms with Crippen LogP contribution >= 0.6 is 23.2 Å². The fraction of sp³-hybridized carbons (Fsp3) is 0.474. The van der Waals surface area contributed by atoms with E-state index >= 15 is 0 Å². The van der Waals surface area contributed by atoms with Gasteiger partial charge in [0.25, 0.3) is 0 Å². The van der Waals surface area contributed by atoms with Crippen molar-refractivity contribution in [2.75, 3.05) is 30.4 Å². The van der Waals surface area contributed by atoms with Crippen LogP contribution in [0.15, 0.2) is 48.8 Å². The minimum Gasteiger partial charge on any atom is -0.491 e. The summed E-state index contributed by atoms with van der Waals surface area (Å²) in [5.41, 5.74) is -0.444. The van der Waals surface area contributed by atoms with Crippen LogP contribution in [-0.4, -0.2) is 69.7 Å². The lowest BCUT2D eigenvalue weighted by Gasteiger charge is -2.27. The summed E-state index contributed by atoms with van der Waals surface area (Å²) in [6.45, 7) is 1.74. The van der Waals surface area contributed by atoms with E-state index < -0.39 is 59.4 Å². The summed E-state index contributed by atoms with van der Waals surface area (Å²) in [6.07, 6.45) is 4.65. The highest BCUT2D eigenvalue weighted by Gasteiger charge is 2.34. The van der Waals surface area contributed by atoms with Crippen molar-refractivity contribution in [3.05, 3.63) is 75.5 Å². The highest BCUT2D eigenvalue weighted by molar-refractivity contribution is 7.92. The summed E-state index contributed by atoms with van der Waals surface area (Å²) in [4.78, 5) is 43.4. The van der Waals surface area contributed by atoms with Crippen molar-refractivity contribution in [2.24, 2.45) is 11.8 Å². The average molecular weight is 844 g/mol. The molecule has 0 radical (unpaired) electrons. The predicted octanol–water partition coefficient (Wildman–Crippen LogP) is 8.34. The Hall–Kier alpha value is -4.41. The Labute approximate surface area is 333 Å². The van der Waals surface area contributed by atoms with E-state index in [0.29, 0.717) is 21.4 Å². The van der Waals surface area contributed by atoms with Gasteiger partial charge in [0.05, 0.1) is 41.5 Å². The molecule has 2 fully saturated rings. The van der Waals surface area contributed by atoms with Gasteiger partial charge in [-0.1, -0.05) is 29.3 Å². The van der Waals surface area contributed by atoms with Crippen LogP contribution < -0.4 is 18.5 Å². The number of halogens is 4. The average Bonchev–Trinajstić information content (AvgIpc) is 4.03. The number of hydrogen-bond donors (Lipinski definition) is 0. The highest BCUT2D eigenvalue weighted by Crippen LogP contribution is 2.39. The van der Waals surface area contributed by atoms with E-state index in [1.807, 2.05) is 0 Å². The third-order valence-electron chi connectivity index (χ3n) is 8.36. The molecular formula is C38H42Cl2F2N2O11S. The minimum absolute atomic E-state index is 0.0351. The Morgan fingerprint density at radius 2 is 1.54 bits per heavy atom. The van der Waals surface area contributed by atoms with Gasteiger partial charge in [0.15, 0.2) is 11.5 Å². The van der Waals surface area contributed by atoms with Crippen LogP contribution in [0.2, 0.25) is 10.0 Å². The molecule has 56 heavy (non-hydrogen) atoms. The number of carbonyl (C=O) groups is 3. The summed E-state index contributed by atoms with van der Waals surface area (Å²) < 4.78 is 85.3. The molecule has 304 valence electrons. The lowest BCUT2D eigenvalue weighted by Crippen LogP contribution is -2.40. The summed E-state index contributed by atoms with van der Waals surface area (Å²) in [5, 5.41) is 0.403. The third-order valence-corrected chi connectivity index (χ3v) is 10.0. The SMILES string of the molecule is CC(C)(C)OC(=O)N(c1ccc(C(=O)OCCC(=O)O[C@@H](Cc2c(Cl)cncc2Cl)c2ccc(OC(F)F)c(OCC3CC3)c2)cc1OCC1CC1)S(C)(=O)=O. The number of anilines is 1. The number of sulfonamides is 1. The van der Waals surface area contributed by atoms with Gasteiger partial charge in [0.2, 0.25) is 10.0 Å². The number of carbonyl (C=O) groups excluding carboxylic acids is 3. The molecule has 0 saturated heterocycles. The largest absolute Gasteiger partial charge is 0.491 e. The first-order chi connectivity index (χ1) is 26.4. The number of esters is 2. The normalized spacial score (nSPS) is 14.8. The van der Waals surface area contributed by atoms with Gasteiger partial charge >= 0.3 is 24.6 Å². The minimum atomic E-state index is -4.21. The predicted molar refractivity (Wildman–Crippen MR) is 201 cm³/mol. The van der Waals surface area contributed by atoms with Crippen molar-refractivity contribution in [1.29, 1.82) is 0 Å². The number of nitrogens with zero attached hydrogens (tertiary/aromatic N) is 2. The molecule has 2 aliphatic rings. The summed E-state index contributed by atoms with van der Waals surface area (Å²) in [6, 6.07) is 7.93.